The lowest BCUT2D eigenvalue weighted by molar-refractivity contribution is 0.338. The van der Waals surface area contributed by atoms with Gasteiger partial charge in [-0.2, -0.15) is 0 Å². The van der Waals surface area contributed by atoms with Crippen molar-refractivity contribution >= 4 is 0 Å². The molecule has 0 saturated carbocycles. The molecule has 0 amide bonds. The molecule has 3 nitrogen and oxygen atoms in total. The highest BCUT2D eigenvalue weighted by Gasteiger charge is 2.06. The molecular formula is C18H23NO2. The Bertz CT molecular complexity index is 569. The summed E-state index contributed by atoms with van der Waals surface area (Å²) in [7, 11) is 0. The smallest absolute Gasteiger partial charge is 0.131 e. The molecular weight excluding hydrogens is 262 g/mol. The molecule has 0 fully saturated rings. The molecule has 0 aromatic heterocycles. The lowest BCUT2D eigenvalue weighted by Crippen LogP contribution is -2.17. The van der Waals surface area contributed by atoms with Crippen LogP contribution in [0.2, 0.25) is 0 Å². The number of benzene rings is 2. The third-order valence-corrected chi connectivity index (χ3v) is 3.22. The van der Waals surface area contributed by atoms with E-state index in [1.165, 1.54) is 5.56 Å². The van der Waals surface area contributed by atoms with E-state index in [0.29, 0.717) is 12.6 Å². The van der Waals surface area contributed by atoms with Gasteiger partial charge >= 0.3 is 0 Å². The Morgan fingerprint density at radius 2 is 1.62 bits per heavy atom. The fourth-order valence-corrected chi connectivity index (χ4v) is 2.20. The van der Waals surface area contributed by atoms with Crippen LogP contribution in [0.1, 0.15) is 32.4 Å². The monoisotopic (exact) mass is 285 g/mol. The average Bonchev–Trinajstić information content (AvgIpc) is 2.48. The predicted molar refractivity (Wildman–Crippen MR) is 86.2 cm³/mol. The maximum absolute atomic E-state index is 5.93. The molecule has 0 aliphatic heterocycles. The van der Waals surface area contributed by atoms with Crippen LogP contribution >= 0.6 is 0 Å². The molecule has 0 aliphatic rings. The van der Waals surface area contributed by atoms with Crippen LogP contribution in [0, 0.1) is 0 Å². The molecule has 21 heavy (non-hydrogen) atoms. The van der Waals surface area contributed by atoms with E-state index in [4.69, 9.17) is 9.47 Å². The molecule has 0 heterocycles. The SMILES string of the molecule is CCNC(C)c1cccc(Oc2cccc(OCC)c2)c1. The third kappa shape index (κ3) is 4.50. The number of hydrogen-bond donors (Lipinski definition) is 1. The normalized spacial score (nSPS) is 12.0. The van der Waals surface area contributed by atoms with Crippen molar-refractivity contribution in [1.29, 1.82) is 0 Å². The summed E-state index contributed by atoms with van der Waals surface area (Å²) in [5, 5.41) is 3.40. The summed E-state index contributed by atoms with van der Waals surface area (Å²) in [6.45, 7) is 7.83. The first-order valence-corrected chi connectivity index (χ1v) is 7.47. The highest BCUT2D eigenvalue weighted by molar-refractivity contribution is 5.38. The Hall–Kier alpha value is -2.00. The molecule has 0 spiro atoms. The topological polar surface area (TPSA) is 30.5 Å². The minimum absolute atomic E-state index is 0.313. The Morgan fingerprint density at radius 3 is 2.33 bits per heavy atom. The Labute approximate surface area is 126 Å². The molecule has 2 aromatic carbocycles. The van der Waals surface area contributed by atoms with Crippen molar-refractivity contribution in [3.05, 3.63) is 54.1 Å². The molecule has 0 radical (unpaired) electrons. The van der Waals surface area contributed by atoms with E-state index >= 15 is 0 Å². The Kier molecular flexibility index (Phi) is 5.64. The summed E-state index contributed by atoms with van der Waals surface area (Å²) < 4.78 is 11.4. The molecule has 1 atom stereocenters. The van der Waals surface area contributed by atoms with Crippen LogP contribution in [-0.2, 0) is 0 Å². The van der Waals surface area contributed by atoms with E-state index in [1.54, 1.807) is 0 Å². The lowest BCUT2D eigenvalue weighted by Gasteiger charge is -2.14. The van der Waals surface area contributed by atoms with E-state index in [0.717, 1.165) is 23.8 Å². The standard InChI is InChI=1S/C18H23NO2/c1-4-19-14(3)15-8-6-10-17(12-15)21-18-11-7-9-16(13-18)20-5-2/h6-14,19H,4-5H2,1-3H3. The summed E-state index contributed by atoms with van der Waals surface area (Å²) in [5.41, 5.74) is 1.22. The number of rotatable bonds is 7. The first kappa shape index (κ1) is 15.4. The van der Waals surface area contributed by atoms with Crippen LogP contribution in [0.5, 0.6) is 17.2 Å². The van der Waals surface area contributed by atoms with Gasteiger partial charge in [0.25, 0.3) is 0 Å². The number of hydrogen-bond acceptors (Lipinski definition) is 3. The van der Waals surface area contributed by atoms with Crippen molar-refractivity contribution < 1.29 is 9.47 Å². The fourth-order valence-electron chi connectivity index (χ4n) is 2.20. The highest BCUT2D eigenvalue weighted by Crippen LogP contribution is 2.27. The first-order valence-electron chi connectivity index (χ1n) is 7.47. The van der Waals surface area contributed by atoms with Gasteiger partial charge in [0.15, 0.2) is 0 Å². The third-order valence-electron chi connectivity index (χ3n) is 3.22. The number of ether oxygens (including phenoxy) is 2. The summed E-state index contributed by atoms with van der Waals surface area (Å²) in [5.74, 6) is 2.45. The van der Waals surface area contributed by atoms with Crippen LogP contribution in [0.25, 0.3) is 0 Å². The van der Waals surface area contributed by atoms with E-state index in [-0.39, 0.29) is 0 Å². The van der Waals surface area contributed by atoms with E-state index < -0.39 is 0 Å². The van der Waals surface area contributed by atoms with Gasteiger partial charge in [0.2, 0.25) is 0 Å². The average molecular weight is 285 g/mol. The summed E-state index contributed by atoms with van der Waals surface area (Å²) in [6, 6.07) is 16.2. The summed E-state index contributed by atoms with van der Waals surface area (Å²) >= 11 is 0. The molecule has 2 aromatic rings. The maximum atomic E-state index is 5.93. The molecule has 1 unspecified atom stereocenters. The van der Waals surface area contributed by atoms with Gasteiger partial charge in [0, 0.05) is 12.1 Å². The molecule has 1 N–H and O–H groups in total. The molecule has 2 rings (SSSR count). The first-order chi connectivity index (χ1) is 10.2. The van der Waals surface area contributed by atoms with Gasteiger partial charge in [-0.3, -0.25) is 0 Å². The van der Waals surface area contributed by atoms with Crippen molar-refractivity contribution in [1.82, 2.24) is 5.32 Å². The van der Waals surface area contributed by atoms with Crippen LogP contribution < -0.4 is 14.8 Å². The molecule has 0 bridgehead atoms. The second kappa shape index (κ2) is 7.70. The zero-order valence-corrected chi connectivity index (χ0v) is 12.9. The predicted octanol–water partition coefficient (Wildman–Crippen LogP) is 4.55. The van der Waals surface area contributed by atoms with Gasteiger partial charge in [-0.15, -0.1) is 0 Å². The van der Waals surface area contributed by atoms with E-state index in [9.17, 15) is 0 Å². The molecule has 0 aliphatic carbocycles. The van der Waals surface area contributed by atoms with E-state index in [2.05, 4.69) is 31.3 Å². The van der Waals surface area contributed by atoms with Crippen molar-refractivity contribution in [2.24, 2.45) is 0 Å². The maximum Gasteiger partial charge on any atom is 0.131 e. The summed E-state index contributed by atoms with van der Waals surface area (Å²) in [6.07, 6.45) is 0. The van der Waals surface area contributed by atoms with Gasteiger partial charge in [-0.1, -0.05) is 25.1 Å². The van der Waals surface area contributed by atoms with Crippen LogP contribution in [0.3, 0.4) is 0 Å². The van der Waals surface area contributed by atoms with Gasteiger partial charge < -0.3 is 14.8 Å². The second-order valence-corrected chi connectivity index (χ2v) is 4.86. The second-order valence-electron chi connectivity index (χ2n) is 4.86. The van der Waals surface area contributed by atoms with Gasteiger partial charge in [-0.05, 0) is 50.2 Å². The Balaban J connectivity index is 2.12. The largest absolute Gasteiger partial charge is 0.494 e. The van der Waals surface area contributed by atoms with Gasteiger partial charge in [0.1, 0.15) is 17.2 Å². The minimum atomic E-state index is 0.313. The fraction of sp³-hybridized carbons (Fsp3) is 0.333. The van der Waals surface area contributed by atoms with Gasteiger partial charge in [-0.25, -0.2) is 0 Å². The minimum Gasteiger partial charge on any atom is -0.494 e. The van der Waals surface area contributed by atoms with Crippen molar-refractivity contribution in [2.75, 3.05) is 13.2 Å². The van der Waals surface area contributed by atoms with Crippen molar-refractivity contribution in [3.8, 4) is 17.2 Å². The Morgan fingerprint density at radius 1 is 0.952 bits per heavy atom. The van der Waals surface area contributed by atoms with Crippen LogP contribution in [0.4, 0.5) is 0 Å². The highest BCUT2D eigenvalue weighted by atomic mass is 16.5. The summed E-state index contributed by atoms with van der Waals surface area (Å²) in [4.78, 5) is 0. The molecule has 112 valence electrons. The number of nitrogens with one attached hydrogen (secondary N) is 1. The molecule has 0 saturated heterocycles. The zero-order chi connectivity index (χ0) is 15.1. The van der Waals surface area contributed by atoms with Crippen LogP contribution in [-0.4, -0.2) is 13.2 Å². The zero-order valence-electron chi connectivity index (χ0n) is 12.9. The van der Waals surface area contributed by atoms with Gasteiger partial charge in [0.05, 0.1) is 6.61 Å². The van der Waals surface area contributed by atoms with Crippen molar-refractivity contribution in [2.45, 2.75) is 26.8 Å². The quantitative estimate of drug-likeness (QED) is 0.809. The lowest BCUT2D eigenvalue weighted by atomic mass is 10.1. The van der Waals surface area contributed by atoms with Crippen molar-refractivity contribution in [3.63, 3.8) is 0 Å². The van der Waals surface area contributed by atoms with Crippen LogP contribution in [0.15, 0.2) is 48.5 Å². The van der Waals surface area contributed by atoms with E-state index in [1.807, 2.05) is 43.3 Å². The molecule has 3 heteroatoms.